The second-order valence-corrected chi connectivity index (χ2v) is 12.7. The Balaban J connectivity index is 1.80. The number of sulfonamides is 1. The summed E-state index contributed by atoms with van der Waals surface area (Å²) in [6, 6.07) is 26.5. The van der Waals surface area contributed by atoms with Gasteiger partial charge in [-0.1, -0.05) is 80.1 Å². The molecule has 0 aliphatic carbocycles. The molecule has 11 heteroatoms. The van der Waals surface area contributed by atoms with Crippen LogP contribution < -0.4 is 19.1 Å². The van der Waals surface area contributed by atoms with Gasteiger partial charge >= 0.3 is 0 Å². The number of unbranched alkanes of at least 4 members (excludes halogenated alkanes) is 1. The zero-order chi connectivity index (χ0) is 33.8. The number of para-hydroxylation sites is 1. The number of anilines is 1. The van der Waals surface area contributed by atoms with Crippen molar-refractivity contribution >= 4 is 27.5 Å². The Labute approximate surface area is 276 Å². The molecule has 1 atom stereocenters. The van der Waals surface area contributed by atoms with Crippen LogP contribution in [0.3, 0.4) is 0 Å². The van der Waals surface area contributed by atoms with E-state index in [1.54, 1.807) is 42.5 Å². The van der Waals surface area contributed by atoms with E-state index in [9.17, 15) is 18.0 Å². The van der Waals surface area contributed by atoms with Crippen molar-refractivity contribution < 1.29 is 31.9 Å². The quantitative estimate of drug-likeness (QED) is 0.157. The Morgan fingerprint density at radius 2 is 1.49 bits per heavy atom. The van der Waals surface area contributed by atoms with Crippen LogP contribution in [0.4, 0.5) is 10.1 Å². The van der Waals surface area contributed by atoms with Crippen molar-refractivity contribution in [1.29, 1.82) is 0 Å². The number of hydrogen-bond acceptors (Lipinski definition) is 6. The summed E-state index contributed by atoms with van der Waals surface area (Å²) < 4.78 is 55.2. The predicted molar refractivity (Wildman–Crippen MR) is 179 cm³/mol. The average Bonchev–Trinajstić information content (AvgIpc) is 3.09. The molecule has 0 radical (unpaired) electrons. The van der Waals surface area contributed by atoms with Crippen LogP contribution in [0.5, 0.6) is 11.5 Å². The highest BCUT2D eigenvalue weighted by Gasteiger charge is 2.35. The van der Waals surface area contributed by atoms with Gasteiger partial charge in [0, 0.05) is 31.1 Å². The number of benzene rings is 4. The van der Waals surface area contributed by atoms with Gasteiger partial charge in [0.2, 0.25) is 11.8 Å². The lowest BCUT2D eigenvalue weighted by Crippen LogP contribution is -2.53. The zero-order valence-corrected chi connectivity index (χ0v) is 27.6. The minimum atomic E-state index is -4.37. The summed E-state index contributed by atoms with van der Waals surface area (Å²) in [4.78, 5) is 29.4. The molecule has 0 unspecified atom stereocenters. The van der Waals surface area contributed by atoms with Crippen LogP contribution in [0, 0.1) is 5.82 Å². The van der Waals surface area contributed by atoms with Gasteiger partial charge in [0.15, 0.2) is 11.5 Å². The summed E-state index contributed by atoms with van der Waals surface area (Å²) in [5, 5.41) is 2.92. The molecule has 0 saturated heterocycles. The lowest BCUT2D eigenvalue weighted by Gasteiger charge is -2.34. The number of carbonyl (C=O) groups excluding carboxylic acids is 2. The molecule has 4 rings (SSSR count). The van der Waals surface area contributed by atoms with E-state index in [4.69, 9.17) is 9.47 Å². The first kappa shape index (κ1) is 35.0. The molecule has 4 aromatic carbocycles. The lowest BCUT2D eigenvalue weighted by atomic mass is 10.0. The van der Waals surface area contributed by atoms with E-state index in [0.29, 0.717) is 12.3 Å². The van der Waals surface area contributed by atoms with E-state index in [0.717, 1.165) is 22.7 Å². The molecule has 47 heavy (non-hydrogen) atoms. The summed E-state index contributed by atoms with van der Waals surface area (Å²) in [6.07, 6.45) is 1.71. The predicted octanol–water partition coefficient (Wildman–Crippen LogP) is 5.59. The van der Waals surface area contributed by atoms with Crippen molar-refractivity contribution in [3.8, 4) is 11.5 Å². The number of carbonyl (C=O) groups is 2. The van der Waals surface area contributed by atoms with Crippen LogP contribution in [0.25, 0.3) is 0 Å². The fourth-order valence-electron chi connectivity index (χ4n) is 5.10. The third kappa shape index (κ3) is 8.88. The van der Waals surface area contributed by atoms with Gasteiger partial charge in [-0.25, -0.2) is 12.8 Å². The molecule has 0 heterocycles. The van der Waals surface area contributed by atoms with Crippen molar-refractivity contribution in [1.82, 2.24) is 10.2 Å². The molecule has 0 spiro atoms. The summed E-state index contributed by atoms with van der Waals surface area (Å²) in [5.41, 5.74) is 1.20. The van der Waals surface area contributed by atoms with E-state index in [-0.39, 0.29) is 34.9 Å². The molecule has 1 N–H and O–H groups in total. The molecule has 4 aromatic rings. The molecule has 248 valence electrons. The number of halogens is 1. The topological polar surface area (TPSA) is 105 Å². The maximum Gasteiger partial charge on any atom is 0.264 e. The molecule has 0 fully saturated rings. The van der Waals surface area contributed by atoms with Crippen molar-refractivity contribution in [2.75, 3.05) is 31.6 Å². The Morgan fingerprint density at radius 1 is 0.851 bits per heavy atom. The Morgan fingerprint density at radius 3 is 2.13 bits per heavy atom. The van der Waals surface area contributed by atoms with E-state index in [1.165, 1.54) is 49.5 Å². The van der Waals surface area contributed by atoms with Gasteiger partial charge in [0.05, 0.1) is 24.8 Å². The molecule has 0 bridgehead atoms. The third-order valence-corrected chi connectivity index (χ3v) is 9.44. The fourth-order valence-corrected chi connectivity index (χ4v) is 6.53. The second kappa shape index (κ2) is 16.6. The third-order valence-electron chi connectivity index (χ3n) is 7.67. The van der Waals surface area contributed by atoms with Crippen molar-refractivity contribution in [2.45, 2.75) is 43.7 Å². The maximum absolute atomic E-state index is 15.1. The summed E-state index contributed by atoms with van der Waals surface area (Å²) >= 11 is 0. The standard InChI is InChI=1S/C36H40FN3O6S/c1-4-5-22-38-36(42)32(23-27-14-8-6-9-15-27)39(25-28-16-12-13-19-31(28)37)35(41)26-40(29-17-10-7-11-18-29)47(43,44)30-20-21-33(45-2)34(24-30)46-3/h6-21,24,32H,4-5,22-23,25-26H2,1-3H3,(H,38,42)/t32-/m0/s1. The second-order valence-electron chi connectivity index (χ2n) is 10.8. The molecular formula is C36H40FN3O6S. The first-order valence-electron chi connectivity index (χ1n) is 15.3. The van der Waals surface area contributed by atoms with Crippen LogP contribution in [0.1, 0.15) is 30.9 Å². The lowest BCUT2D eigenvalue weighted by molar-refractivity contribution is -0.140. The minimum Gasteiger partial charge on any atom is -0.493 e. The number of amides is 2. The number of hydrogen-bond donors (Lipinski definition) is 1. The molecule has 0 aliphatic rings. The van der Waals surface area contributed by atoms with Gasteiger partial charge in [-0.3, -0.25) is 13.9 Å². The minimum absolute atomic E-state index is 0.132. The summed E-state index contributed by atoms with van der Waals surface area (Å²) in [5.74, 6) is -1.12. The molecule has 0 aromatic heterocycles. The largest absolute Gasteiger partial charge is 0.493 e. The number of methoxy groups -OCH3 is 2. The van der Waals surface area contributed by atoms with Crippen LogP contribution in [-0.2, 0) is 32.6 Å². The SMILES string of the molecule is CCCCNC(=O)[C@H](Cc1ccccc1)N(Cc1ccccc1F)C(=O)CN(c1ccccc1)S(=O)(=O)c1ccc(OC)c(OC)c1. The summed E-state index contributed by atoms with van der Waals surface area (Å²) in [7, 11) is -1.53. The summed E-state index contributed by atoms with van der Waals surface area (Å²) in [6.45, 7) is 1.47. The van der Waals surface area contributed by atoms with Crippen LogP contribution in [0.2, 0.25) is 0 Å². The van der Waals surface area contributed by atoms with Crippen molar-refractivity contribution in [2.24, 2.45) is 0 Å². The smallest absolute Gasteiger partial charge is 0.264 e. The van der Waals surface area contributed by atoms with Crippen LogP contribution in [-0.4, -0.2) is 58.5 Å². The Kier molecular flexibility index (Phi) is 12.3. The number of rotatable bonds is 16. The number of ether oxygens (including phenoxy) is 2. The van der Waals surface area contributed by atoms with Gasteiger partial charge in [-0.15, -0.1) is 0 Å². The highest BCUT2D eigenvalue weighted by atomic mass is 32.2. The van der Waals surface area contributed by atoms with E-state index >= 15 is 4.39 Å². The molecule has 2 amide bonds. The highest BCUT2D eigenvalue weighted by Crippen LogP contribution is 2.32. The Hall–Kier alpha value is -4.90. The maximum atomic E-state index is 15.1. The molecule has 0 saturated carbocycles. The molecular weight excluding hydrogens is 621 g/mol. The monoisotopic (exact) mass is 661 g/mol. The highest BCUT2D eigenvalue weighted by molar-refractivity contribution is 7.92. The van der Waals surface area contributed by atoms with E-state index in [1.807, 2.05) is 37.3 Å². The average molecular weight is 662 g/mol. The van der Waals surface area contributed by atoms with Crippen LogP contribution >= 0.6 is 0 Å². The van der Waals surface area contributed by atoms with Crippen molar-refractivity contribution in [3.05, 3.63) is 120 Å². The van der Waals surface area contributed by atoms with Crippen LogP contribution in [0.15, 0.2) is 108 Å². The molecule has 9 nitrogen and oxygen atoms in total. The van der Waals surface area contributed by atoms with Gasteiger partial charge < -0.3 is 19.7 Å². The van der Waals surface area contributed by atoms with Gasteiger partial charge in [-0.05, 0) is 42.3 Å². The Bertz CT molecular complexity index is 1740. The normalized spacial score (nSPS) is 11.7. The zero-order valence-electron chi connectivity index (χ0n) is 26.8. The van der Waals surface area contributed by atoms with E-state index in [2.05, 4.69) is 5.32 Å². The molecule has 0 aliphatic heterocycles. The van der Waals surface area contributed by atoms with Gasteiger partial charge in [0.1, 0.15) is 18.4 Å². The first-order valence-corrected chi connectivity index (χ1v) is 16.8. The fraction of sp³-hybridized carbons (Fsp3) is 0.278. The van der Waals surface area contributed by atoms with E-state index < -0.39 is 40.2 Å². The van der Waals surface area contributed by atoms with Gasteiger partial charge in [-0.2, -0.15) is 0 Å². The van der Waals surface area contributed by atoms with Crippen molar-refractivity contribution in [3.63, 3.8) is 0 Å². The number of nitrogens with one attached hydrogen (secondary N) is 1. The number of nitrogens with zero attached hydrogens (tertiary/aromatic N) is 2. The first-order chi connectivity index (χ1) is 22.7. The van der Waals surface area contributed by atoms with Gasteiger partial charge in [0.25, 0.3) is 10.0 Å².